The van der Waals surface area contributed by atoms with Crippen LogP contribution in [0.5, 0.6) is 5.75 Å². The third kappa shape index (κ3) is 5.49. The van der Waals surface area contributed by atoms with Crippen LogP contribution in [0.3, 0.4) is 0 Å². The van der Waals surface area contributed by atoms with Gasteiger partial charge in [0.2, 0.25) is 0 Å². The lowest BCUT2D eigenvalue weighted by Crippen LogP contribution is -1.99. The molecule has 4 nitrogen and oxygen atoms in total. The molecule has 3 rings (SSSR count). The second-order valence-electron chi connectivity index (χ2n) is 6.85. The van der Waals surface area contributed by atoms with Crippen LogP contribution in [-0.2, 0) is 4.74 Å². The van der Waals surface area contributed by atoms with Crippen LogP contribution in [0, 0.1) is 0 Å². The number of imidazole rings is 1. The topological polar surface area (TPSA) is 47.1 Å². The van der Waals surface area contributed by atoms with Gasteiger partial charge in [0.05, 0.1) is 18.0 Å². The number of halogens is 1. The molecule has 0 aliphatic heterocycles. The first kappa shape index (κ1) is 21.2. The van der Waals surface area contributed by atoms with Gasteiger partial charge in [-0.05, 0) is 61.2 Å². The van der Waals surface area contributed by atoms with Gasteiger partial charge in [0.15, 0.2) is 0 Å². The second kappa shape index (κ2) is 10.3. The summed E-state index contributed by atoms with van der Waals surface area (Å²) < 4.78 is 10.9. The summed E-state index contributed by atoms with van der Waals surface area (Å²) in [7, 11) is 1.72. The van der Waals surface area contributed by atoms with Crippen molar-refractivity contribution in [2.75, 3.05) is 20.3 Å². The van der Waals surface area contributed by atoms with Gasteiger partial charge >= 0.3 is 0 Å². The van der Waals surface area contributed by atoms with E-state index in [2.05, 4.69) is 18.5 Å². The van der Waals surface area contributed by atoms with Crippen molar-refractivity contribution in [1.82, 2.24) is 9.97 Å². The minimum absolute atomic E-state index is 0.685. The van der Waals surface area contributed by atoms with Crippen LogP contribution in [-0.4, -0.2) is 30.3 Å². The molecule has 1 heterocycles. The predicted octanol–water partition coefficient (Wildman–Crippen LogP) is 6.63. The van der Waals surface area contributed by atoms with Crippen molar-refractivity contribution in [2.24, 2.45) is 0 Å². The van der Waals surface area contributed by atoms with Gasteiger partial charge in [-0.1, -0.05) is 37.2 Å². The summed E-state index contributed by atoms with van der Waals surface area (Å²) in [6.45, 7) is 7.72. The first-order chi connectivity index (χ1) is 14.1. The zero-order valence-electron chi connectivity index (χ0n) is 17.0. The highest BCUT2D eigenvalue weighted by atomic mass is 35.5. The van der Waals surface area contributed by atoms with Crippen molar-refractivity contribution in [3.63, 3.8) is 0 Å². The van der Waals surface area contributed by atoms with Crippen LogP contribution in [0.4, 0.5) is 0 Å². The van der Waals surface area contributed by atoms with Crippen LogP contribution in [0.1, 0.15) is 31.9 Å². The Labute approximate surface area is 177 Å². The van der Waals surface area contributed by atoms with Crippen molar-refractivity contribution in [3.8, 4) is 28.4 Å². The molecule has 0 spiro atoms. The molecule has 5 heteroatoms. The number of aromatic nitrogens is 2. The van der Waals surface area contributed by atoms with Crippen molar-refractivity contribution >= 4 is 17.2 Å². The number of ether oxygens (including phenoxy) is 2. The molecule has 3 aromatic rings. The largest absolute Gasteiger partial charge is 0.494 e. The molecule has 0 amide bonds. The summed E-state index contributed by atoms with van der Waals surface area (Å²) in [5.74, 6) is 1.67. The molecule has 2 aromatic carbocycles. The Hall–Kier alpha value is -2.56. The summed E-state index contributed by atoms with van der Waals surface area (Å²) in [5.41, 5.74) is 4.88. The first-order valence-electron chi connectivity index (χ1n) is 9.88. The SMILES string of the molecule is C=C(CC)c1nc(-c2ccc(OCCCCOC)cc2)[nH]c1-c1ccc(Cl)cc1. The molecule has 0 unspecified atom stereocenters. The van der Waals surface area contributed by atoms with Crippen LogP contribution < -0.4 is 4.74 Å². The standard InChI is InChI=1S/C24H27ClN2O2/c1-4-17(2)22-23(18-7-11-20(25)12-8-18)27-24(26-22)19-9-13-21(14-10-19)29-16-6-5-15-28-3/h7-14H,2,4-6,15-16H2,1,3H3,(H,26,27). The smallest absolute Gasteiger partial charge is 0.138 e. The highest BCUT2D eigenvalue weighted by Gasteiger charge is 2.15. The van der Waals surface area contributed by atoms with E-state index in [1.54, 1.807) is 7.11 Å². The van der Waals surface area contributed by atoms with E-state index in [0.29, 0.717) is 11.6 Å². The number of rotatable bonds is 10. The number of allylic oxidation sites excluding steroid dienone is 1. The quantitative estimate of drug-likeness (QED) is 0.382. The Bertz CT molecular complexity index is 931. The highest BCUT2D eigenvalue weighted by Crippen LogP contribution is 2.32. The van der Waals surface area contributed by atoms with Gasteiger partial charge in [-0.3, -0.25) is 0 Å². The fourth-order valence-corrected chi connectivity index (χ4v) is 3.13. The van der Waals surface area contributed by atoms with Crippen molar-refractivity contribution in [1.29, 1.82) is 0 Å². The number of nitrogens with zero attached hydrogens (tertiary/aromatic N) is 1. The van der Waals surface area contributed by atoms with Crippen LogP contribution in [0.2, 0.25) is 5.02 Å². The van der Waals surface area contributed by atoms with Gasteiger partial charge in [-0.15, -0.1) is 0 Å². The molecule has 1 N–H and O–H groups in total. The van der Waals surface area contributed by atoms with E-state index < -0.39 is 0 Å². The molecule has 0 aliphatic rings. The van der Waals surface area contributed by atoms with Gasteiger partial charge in [0.25, 0.3) is 0 Å². The number of benzene rings is 2. The summed E-state index contributed by atoms with van der Waals surface area (Å²) in [4.78, 5) is 8.30. The number of nitrogens with one attached hydrogen (secondary N) is 1. The first-order valence-corrected chi connectivity index (χ1v) is 10.3. The van der Waals surface area contributed by atoms with Crippen molar-refractivity contribution in [2.45, 2.75) is 26.2 Å². The lowest BCUT2D eigenvalue weighted by Gasteiger charge is -2.06. The lowest BCUT2D eigenvalue weighted by atomic mass is 10.1. The number of methoxy groups -OCH3 is 1. The number of hydrogen-bond donors (Lipinski definition) is 1. The lowest BCUT2D eigenvalue weighted by molar-refractivity contribution is 0.184. The monoisotopic (exact) mass is 410 g/mol. The van der Waals surface area contributed by atoms with Gasteiger partial charge in [-0.2, -0.15) is 0 Å². The Morgan fingerprint density at radius 1 is 1.00 bits per heavy atom. The molecule has 152 valence electrons. The minimum Gasteiger partial charge on any atom is -0.494 e. The van der Waals surface area contributed by atoms with E-state index in [-0.39, 0.29) is 0 Å². The van der Waals surface area contributed by atoms with Crippen LogP contribution in [0.25, 0.3) is 28.2 Å². The maximum atomic E-state index is 6.04. The summed E-state index contributed by atoms with van der Waals surface area (Å²) in [6, 6.07) is 15.7. The van der Waals surface area contributed by atoms with E-state index in [9.17, 15) is 0 Å². The van der Waals surface area contributed by atoms with E-state index in [1.807, 2.05) is 48.5 Å². The van der Waals surface area contributed by atoms with Crippen molar-refractivity contribution in [3.05, 3.63) is 65.8 Å². The zero-order valence-corrected chi connectivity index (χ0v) is 17.8. The van der Waals surface area contributed by atoms with Gasteiger partial charge in [0, 0.05) is 29.9 Å². The molecule has 29 heavy (non-hydrogen) atoms. The average molecular weight is 411 g/mol. The summed E-state index contributed by atoms with van der Waals surface area (Å²) in [6.07, 6.45) is 2.81. The van der Waals surface area contributed by atoms with E-state index in [0.717, 1.165) is 65.5 Å². The van der Waals surface area contributed by atoms with Gasteiger partial charge < -0.3 is 14.5 Å². The van der Waals surface area contributed by atoms with E-state index in [1.165, 1.54) is 0 Å². The van der Waals surface area contributed by atoms with Crippen molar-refractivity contribution < 1.29 is 9.47 Å². The van der Waals surface area contributed by atoms with Crippen LogP contribution >= 0.6 is 11.6 Å². The third-order valence-corrected chi connectivity index (χ3v) is 4.99. The number of hydrogen-bond acceptors (Lipinski definition) is 3. The number of aromatic amines is 1. The maximum Gasteiger partial charge on any atom is 0.138 e. The Morgan fingerprint density at radius 2 is 1.66 bits per heavy atom. The molecular weight excluding hydrogens is 384 g/mol. The summed E-state index contributed by atoms with van der Waals surface area (Å²) in [5, 5.41) is 0.710. The van der Waals surface area contributed by atoms with E-state index in [4.69, 9.17) is 26.1 Å². The molecule has 0 bridgehead atoms. The molecule has 1 aromatic heterocycles. The maximum absolute atomic E-state index is 6.04. The minimum atomic E-state index is 0.685. The Kier molecular flexibility index (Phi) is 7.50. The Morgan fingerprint density at radius 3 is 2.31 bits per heavy atom. The second-order valence-corrected chi connectivity index (χ2v) is 7.28. The zero-order chi connectivity index (χ0) is 20.6. The summed E-state index contributed by atoms with van der Waals surface area (Å²) >= 11 is 6.04. The van der Waals surface area contributed by atoms with Gasteiger partial charge in [-0.25, -0.2) is 4.98 Å². The Balaban J connectivity index is 1.79. The van der Waals surface area contributed by atoms with Gasteiger partial charge in [0.1, 0.15) is 11.6 Å². The molecule has 0 fully saturated rings. The predicted molar refractivity (Wildman–Crippen MR) is 120 cm³/mol. The molecule has 0 atom stereocenters. The fraction of sp³-hybridized carbons (Fsp3) is 0.292. The van der Waals surface area contributed by atoms with Crippen LogP contribution in [0.15, 0.2) is 55.1 Å². The number of H-pyrrole nitrogens is 1. The molecular formula is C24H27ClN2O2. The average Bonchev–Trinajstić information content (AvgIpc) is 3.19. The van der Waals surface area contributed by atoms with E-state index >= 15 is 0 Å². The fourth-order valence-electron chi connectivity index (χ4n) is 3.01. The molecule has 0 aliphatic carbocycles. The number of unbranched alkanes of at least 4 members (excludes halogenated alkanes) is 1. The normalized spacial score (nSPS) is 10.9. The molecule has 0 radical (unpaired) electrons. The third-order valence-electron chi connectivity index (χ3n) is 4.74. The highest BCUT2D eigenvalue weighted by molar-refractivity contribution is 6.30. The molecule has 0 saturated carbocycles. The molecule has 0 saturated heterocycles.